The summed E-state index contributed by atoms with van der Waals surface area (Å²) in [6.45, 7) is 0. The summed E-state index contributed by atoms with van der Waals surface area (Å²) >= 11 is 0. The van der Waals surface area contributed by atoms with Gasteiger partial charge in [0.15, 0.2) is 5.78 Å². The Morgan fingerprint density at radius 3 is 2.09 bits per heavy atom. The Morgan fingerprint density at radius 2 is 1.55 bits per heavy atom. The fraction of sp³-hybridized carbons (Fsp3) is 0.118. The molecule has 0 saturated heterocycles. The quantitative estimate of drug-likeness (QED) is 0.630. The second-order valence-electron chi connectivity index (χ2n) is 4.92. The van der Waals surface area contributed by atoms with Crippen LogP contribution in [0.15, 0.2) is 65.6 Å². The van der Waals surface area contributed by atoms with Crippen LogP contribution in [0.4, 0.5) is 0 Å². The maximum Gasteiger partial charge on any atom is 0.242 e. The van der Waals surface area contributed by atoms with Crippen LogP contribution in [0, 0.1) is 0 Å². The number of hydrogen-bond donors (Lipinski definition) is 0. The van der Waals surface area contributed by atoms with Gasteiger partial charge in [-0.05, 0) is 23.8 Å². The zero-order valence-electron chi connectivity index (χ0n) is 12.4. The predicted molar refractivity (Wildman–Crippen MR) is 87.1 cm³/mol. The van der Waals surface area contributed by atoms with E-state index in [1.54, 1.807) is 30.3 Å². The SMILES string of the molecule is CN(C)S(=O)(=O)c1ccc(C=CC(=O)c2ccccc2)cc1. The van der Waals surface area contributed by atoms with Crippen LogP contribution in [0.1, 0.15) is 15.9 Å². The Hall–Kier alpha value is -2.24. The average molecular weight is 315 g/mol. The van der Waals surface area contributed by atoms with Crippen molar-refractivity contribution in [2.45, 2.75) is 4.90 Å². The molecule has 0 aliphatic carbocycles. The highest BCUT2D eigenvalue weighted by Gasteiger charge is 2.16. The van der Waals surface area contributed by atoms with Crippen LogP contribution in [-0.2, 0) is 10.0 Å². The van der Waals surface area contributed by atoms with Gasteiger partial charge in [0.25, 0.3) is 0 Å². The molecule has 22 heavy (non-hydrogen) atoms. The second-order valence-corrected chi connectivity index (χ2v) is 7.07. The van der Waals surface area contributed by atoms with Crippen LogP contribution in [0.25, 0.3) is 6.08 Å². The van der Waals surface area contributed by atoms with E-state index < -0.39 is 10.0 Å². The van der Waals surface area contributed by atoms with Crippen molar-refractivity contribution in [3.05, 3.63) is 71.8 Å². The highest BCUT2D eigenvalue weighted by molar-refractivity contribution is 7.89. The molecule has 2 aromatic carbocycles. The normalized spacial score (nSPS) is 12.0. The minimum atomic E-state index is -3.43. The summed E-state index contributed by atoms with van der Waals surface area (Å²) in [5.41, 5.74) is 1.38. The third-order valence-electron chi connectivity index (χ3n) is 3.14. The molecule has 4 nitrogen and oxygen atoms in total. The molecule has 0 amide bonds. The van der Waals surface area contributed by atoms with Crippen molar-refractivity contribution < 1.29 is 13.2 Å². The molecule has 0 spiro atoms. The van der Waals surface area contributed by atoms with E-state index in [4.69, 9.17) is 0 Å². The summed E-state index contributed by atoms with van der Waals surface area (Å²) in [5, 5.41) is 0. The Morgan fingerprint density at radius 1 is 0.955 bits per heavy atom. The molecule has 0 aromatic heterocycles. The summed E-state index contributed by atoms with van der Waals surface area (Å²) in [6.07, 6.45) is 3.15. The molecule has 2 rings (SSSR count). The van der Waals surface area contributed by atoms with Gasteiger partial charge in [0.1, 0.15) is 0 Å². The first-order valence-electron chi connectivity index (χ1n) is 6.71. The lowest BCUT2D eigenvalue weighted by Crippen LogP contribution is -2.22. The molecule has 2 aromatic rings. The van der Waals surface area contributed by atoms with Crippen LogP contribution in [-0.4, -0.2) is 32.6 Å². The molecule has 0 N–H and O–H groups in total. The molecule has 0 atom stereocenters. The van der Waals surface area contributed by atoms with E-state index >= 15 is 0 Å². The largest absolute Gasteiger partial charge is 0.289 e. The van der Waals surface area contributed by atoms with Crippen LogP contribution < -0.4 is 0 Å². The molecular formula is C17H17NO3S. The highest BCUT2D eigenvalue weighted by atomic mass is 32.2. The summed E-state index contributed by atoms with van der Waals surface area (Å²) in [4.78, 5) is 12.2. The molecule has 0 bridgehead atoms. The van der Waals surface area contributed by atoms with E-state index in [0.717, 1.165) is 9.87 Å². The molecule has 5 heteroatoms. The Bertz CT molecular complexity index is 776. The first-order valence-corrected chi connectivity index (χ1v) is 8.15. The monoisotopic (exact) mass is 315 g/mol. The van der Waals surface area contributed by atoms with Gasteiger partial charge >= 0.3 is 0 Å². The number of carbonyl (C=O) groups excluding carboxylic acids is 1. The number of ketones is 1. The van der Waals surface area contributed by atoms with E-state index in [1.165, 1.54) is 32.3 Å². The maximum atomic E-state index is 11.9. The number of carbonyl (C=O) groups is 1. The fourth-order valence-electron chi connectivity index (χ4n) is 1.83. The third-order valence-corrected chi connectivity index (χ3v) is 4.97. The zero-order valence-corrected chi connectivity index (χ0v) is 13.2. The van der Waals surface area contributed by atoms with E-state index in [2.05, 4.69) is 0 Å². The lowest BCUT2D eigenvalue weighted by Gasteiger charge is -2.11. The molecule has 0 radical (unpaired) electrons. The number of sulfonamides is 1. The summed E-state index contributed by atoms with van der Waals surface area (Å²) in [7, 11) is -0.450. The molecular weight excluding hydrogens is 298 g/mol. The molecule has 0 fully saturated rings. The molecule has 0 heterocycles. The first-order chi connectivity index (χ1) is 10.4. The lowest BCUT2D eigenvalue weighted by atomic mass is 10.1. The van der Waals surface area contributed by atoms with Crippen molar-refractivity contribution in [3.63, 3.8) is 0 Å². The van der Waals surface area contributed by atoms with E-state index in [1.807, 2.05) is 18.2 Å². The second kappa shape index (κ2) is 6.68. The van der Waals surface area contributed by atoms with Crippen molar-refractivity contribution in [1.29, 1.82) is 0 Å². The molecule has 0 saturated carbocycles. The maximum absolute atomic E-state index is 11.9. The number of allylic oxidation sites excluding steroid dienone is 1. The van der Waals surface area contributed by atoms with Gasteiger partial charge in [-0.25, -0.2) is 12.7 Å². The van der Waals surface area contributed by atoms with Crippen LogP contribution in [0.5, 0.6) is 0 Å². The number of nitrogens with zero attached hydrogens (tertiary/aromatic N) is 1. The van der Waals surface area contributed by atoms with Gasteiger partial charge in [0, 0.05) is 19.7 Å². The number of hydrogen-bond acceptors (Lipinski definition) is 3. The van der Waals surface area contributed by atoms with Gasteiger partial charge in [0.05, 0.1) is 4.90 Å². The summed E-state index contributed by atoms with van der Waals surface area (Å²) in [5.74, 6) is -0.0920. The van der Waals surface area contributed by atoms with Crippen LogP contribution in [0.2, 0.25) is 0 Å². The van der Waals surface area contributed by atoms with E-state index in [-0.39, 0.29) is 10.7 Å². The predicted octanol–water partition coefficient (Wildman–Crippen LogP) is 2.83. The van der Waals surface area contributed by atoms with Gasteiger partial charge < -0.3 is 0 Å². The van der Waals surface area contributed by atoms with Crippen molar-refractivity contribution >= 4 is 21.9 Å². The Kier molecular flexibility index (Phi) is 4.90. The number of benzene rings is 2. The molecule has 0 unspecified atom stereocenters. The number of rotatable bonds is 5. The highest BCUT2D eigenvalue weighted by Crippen LogP contribution is 2.15. The van der Waals surface area contributed by atoms with Crippen molar-refractivity contribution in [3.8, 4) is 0 Å². The van der Waals surface area contributed by atoms with Crippen molar-refractivity contribution in [2.75, 3.05) is 14.1 Å². The van der Waals surface area contributed by atoms with Gasteiger partial charge in [-0.1, -0.05) is 48.5 Å². The van der Waals surface area contributed by atoms with Gasteiger partial charge in [0.2, 0.25) is 10.0 Å². The topological polar surface area (TPSA) is 54.5 Å². The molecule has 114 valence electrons. The minimum absolute atomic E-state index is 0.0920. The summed E-state index contributed by atoms with van der Waals surface area (Å²) in [6, 6.07) is 15.4. The smallest absolute Gasteiger partial charge is 0.242 e. The zero-order chi connectivity index (χ0) is 16.2. The Labute approximate surface area is 130 Å². The third kappa shape index (κ3) is 3.69. The lowest BCUT2D eigenvalue weighted by molar-refractivity contribution is 0.104. The van der Waals surface area contributed by atoms with Crippen LogP contribution in [0.3, 0.4) is 0 Å². The van der Waals surface area contributed by atoms with Crippen molar-refractivity contribution in [1.82, 2.24) is 4.31 Å². The Balaban J connectivity index is 2.15. The standard InChI is InChI=1S/C17H17NO3S/c1-18(2)22(20,21)16-11-8-14(9-12-16)10-13-17(19)15-6-4-3-5-7-15/h3-13H,1-2H3. The van der Waals surface area contributed by atoms with E-state index in [0.29, 0.717) is 5.56 Å². The van der Waals surface area contributed by atoms with E-state index in [9.17, 15) is 13.2 Å². The van der Waals surface area contributed by atoms with Crippen LogP contribution >= 0.6 is 0 Å². The fourth-order valence-corrected chi connectivity index (χ4v) is 2.73. The van der Waals surface area contributed by atoms with Gasteiger partial charge in [-0.15, -0.1) is 0 Å². The first kappa shape index (κ1) is 16.1. The molecule has 0 aliphatic rings. The van der Waals surface area contributed by atoms with Crippen molar-refractivity contribution in [2.24, 2.45) is 0 Å². The average Bonchev–Trinajstić information content (AvgIpc) is 2.53. The van der Waals surface area contributed by atoms with Gasteiger partial charge in [-0.3, -0.25) is 4.79 Å². The minimum Gasteiger partial charge on any atom is -0.289 e. The molecule has 0 aliphatic heterocycles. The summed E-state index contributed by atoms with van der Waals surface area (Å²) < 4.78 is 25.1. The van der Waals surface area contributed by atoms with Gasteiger partial charge in [-0.2, -0.15) is 0 Å².